The van der Waals surface area contributed by atoms with E-state index in [-0.39, 0.29) is 5.56 Å². The molecule has 0 radical (unpaired) electrons. The molecule has 0 unspecified atom stereocenters. The van der Waals surface area contributed by atoms with Crippen molar-refractivity contribution in [2.24, 2.45) is 0 Å². The molecule has 1 aliphatic rings. The summed E-state index contributed by atoms with van der Waals surface area (Å²) in [6, 6.07) is 7.94. The molecule has 134 valence electrons. The summed E-state index contributed by atoms with van der Waals surface area (Å²) < 4.78 is 7.58. The molecule has 4 rings (SSSR count). The van der Waals surface area contributed by atoms with Crippen molar-refractivity contribution in [3.8, 4) is 5.69 Å². The van der Waals surface area contributed by atoms with Gasteiger partial charge < -0.3 is 9.64 Å². The molecule has 1 N–H and O–H groups in total. The third kappa shape index (κ3) is 2.91. The Kier molecular flexibility index (Phi) is 4.29. The van der Waals surface area contributed by atoms with Gasteiger partial charge in [0.05, 0.1) is 13.2 Å². The largest absolute Gasteiger partial charge is 0.378 e. The van der Waals surface area contributed by atoms with Gasteiger partial charge in [-0.3, -0.25) is 14.3 Å². The first-order valence-corrected chi connectivity index (χ1v) is 8.89. The lowest BCUT2D eigenvalue weighted by Crippen LogP contribution is -2.38. The molecule has 8 heteroatoms. The molecule has 7 nitrogen and oxygen atoms in total. The van der Waals surface area contributed by atoms with E-state index in [1.165, 1.54) is 0 Å². The average Bonchev–Trinajstić information content (AvgIpc) is 2.63. The van der Waals surface area contributed by atoms with Crippen LogP contribution in [0.15, 0.2) is 29.1 Å². The number of fused-ring (bicyclic) bond motifs is 1. The van der Waals surface area contributed by atoms with Crippen LogP contribution in [0, 0.1) is 18.5 Å². The van der Waals surface area contributed by atoms with Gasteiger partial charge in [0.15, 0.2) is 5.65 Å². The first-order chi connectivity index (χ1) is 12.5. The second kappa shape index (κ2) is 6.62. The highest BCUT2D eigenvalue weighted by atomic mass is 32.1. The molecule has 0 saturated carbocycles. The van der Waals surface area contributed by atoms with Gasteiger partial charge >= 0.3 is 0 Å². The molecule has 0 atom stereocenters. The topological polar surface area (TPSA) is 76.0 Å². The van der Waals surface area contributed by atoms with Crippen molar-refractivity contribution in [1.82, 2.24) is 19.5 Å². The van der Waals surface area contributed by atoms with Gasteiger partial charge in [0.1, 0.15) is 15.9 Å². The van der Waals surface area contributed by atoms with Crippen molar-refractivity contribution < 1.29 is 4.74 Å². The number of aromatic amines is 1. The van der Waals surface area contributed by atoms with E-state index in [1.807, 2.05) is 47.6 Å². The van der Waals surface area contributed by atoms with Crippen LogP contribution in [0.4, 0.5) is 5.95 Å². The minimum absolute atomic E-state index is 0.269. The minimum atomic E-state index is -0.269. The Hall–Kier alpha value is -2.58. The number of morpholine rings is 1. The van der Waals surface area contributed by atoms with Crippen LogP contribution in [0.2, 0.25) is 0 Å². The maximum Gasteiger partial charge on any atom is 0.264 e. The lowest BCUT2D eigenvalue weighted by atomic mass is 10.2. The molecule has 0 amide bonds. The number of nitrogens with one attached hydrogen (secondary N) is 1. The molecule has 3 aromatic rings. The summed E-state index contributed by atoms with van der Waals surface area (Å²) in [4.78, 5) is 26.7. The van der Waals surface area contributed by atoms with Gasteiger partial charge in [-0.2, -0.15) is 4.98 Å². The highest BCUT2D eigenvalue weighted by molar-refractivity contribution is 7.71. The van der Waals surface area contributed by atoms with Gasteiger partial charge in [-0.05, 0) is 26.0 Å². The van der Waals surface area contributed by atoms with Crippen LogP contribution >= 0.6 is 12.2 Å². The van der Waals surface area contributed by atoms with Crippen LogP contribution in [-0.2, 0) is 4.74 Å². The van der Waals surface area contributed by atoms with Gasteiger partial charge in [-0.25, -0.2) is 4.98 Å². The van der Waals surface area contributed by atoms with Gasteiger partial charge in [0.2, 0.25) is 5.95 Å². The number of H-pyrrole nitrogens is 1. The van der Waals surface area contributed by atoms with Gasteiger partial charge in [0.25, 0.3) is 5.56 Å². The fourth-order valence-corrected chi connectivity index (χ4v) is 3.53. The summed E-state index contributed by atoms with van der Waals surface area (Å²) in [7, 11) is 0. The second-order valence-electron chi connectivity index (χ2n) is 6.32. The molecule has 3 heterocycles. The molecular formula is C18H19N5O2S. The average molecular weight is 369 g/mol. The smallest absolute Gasteiger partial charge is 0.264 e. The van der Waals surface area contributed by atoms with Crippen molar-refractivity contribution in [3.63, 3.8) is 0 Å². The van der Waals surface area contributed by atoms with Crippen molar-refractivity contribution in [1.29, 1.82) is 0 Å². The van der Waals surface area contributed by atoms with Gasteiger partial charge in [0, 0.05) is 18.8 Å². The third-order valence-electron chi connectivity index (χ3n) is 4.50. The van der Waals surface area contributed by atoms with Gasteiger partial charge in [-0.15, -0.1) is 0 Å². The number of anilines is 1. The lowest BCUT2D eigenvalue weighted by Gasteiger charge is -2.27. The normalized spacial score (nSPS) is 14.8. The molecule has 0 bridgehead atoms. The Morgan fingerprint density at radius 3 is 2.50 bits per heavy atom. The number of ether oxygens (including phenoxy) is 1. The Morgan fingerprint density at radius 1 is 1.12 bits per heavy atom. The van der Waals surface area contributed by atoms with E-state index in [4.69, 9.17) is 17.0 Å². The van der Waals surface area contributed by atoms with Crippen LogP contribution in [-0.4, -0.2) is 45.8 Å². The fourth-order valence-electron chi connectivity index (χ4n) is 3.11. The van der Waals surface area contributed by atoms with E-state index in [1.54, 1.807) is 0 Å². The first-order valence-electron chi connectivity index (χ1n) is 8.48. The zero-order valence-electron chi connectivity index (χ0n) is 14.7. The summed E-state index contributed by atoms with van der Waals surface area (Å²) >= 11 is 5.61. The van der Waals surface area contributed by atoms with Crippen LogP contribution in [0.25, 0.3) is 16.7 Å². The second-order valence-corrected chi connectivity index (χ2v) is 6.71. The molecule has 1 fully saturated rings. The Bertz CT molecular complexity index is 1080. The lowest BCUT2D eigenvalue weighted by molar-refractivity contribution is 0.122. The maximum absolute atomic E-state index is 12.7. The van der Waals surface area contributed by atoms with Gasteiger partial charge in [-0.1, -0.05) is 29.9 Å². The van der Waals surface area contributed by atoms with Crippen LogP contribution < -0.4 is 10.5 Å². The summed E-state index contributed by atoms with van der Waals surface area (Å²) in [5.74, 6) is 1.21. The Morgan fingerprint density at radius 2 is 1.81 bits per heavy atom. The molecule has 2 aromatic heterocycles. The van der Waals surface area contributed by atoms with Crippen molar-refractivity contribution >= 4 is 29.2 Å². The predicted octanol–water partition coefficient (Wildman–Crippen LogP) is 2.29. The monoisotopic (exact) mass is 369 g/mol. The number of aryl methyl sites for hydroxylation is 2. The van der Waals surface area contributed by atoms with E-state index in [0.717, 1.165) is 11.3 Å². The summed E-state index contributed by atoms with van der Waals surface area (Å²) in [5.41, 5.74) is 2.14. The Labute approximate surface area is 155 Å². The van der Waals surface area contributed by atoms with Crippen molar-refractivity contribution in [2.45, 2.75) is 13.8 Å². The number of hydrogen-bond acceptors (Lipinski definition) is 6. The molecule has 1 saturated heterocycles. The molecule has 1 aliphatic heterocycles. The van der Waals surface area contributed by atoms with E-state index in [2.05, 4.69) is 15.0 Å². The number of aromatic nitrogens is 4. The SMILES string of the molecule is Cc1ccc(-n2c(C)nc3nc(N4CCOCC4)[nH]c(=O)c3c2=S)cc1. The number of hydrogen-bond donors (Lipinski definition) is 1. The minimum Gasteiger partial charge on any atom is -0.378 e. The predicted molar refractivity (Wildman–Crippen MR) is 103 cm³/mol. The third-order valence-corrected chi connectivity index (χ3v) is 4.89. The molecule has 0 aliphatic carbocycles. The van der Waals surface area contributed by atoms with E-state index in [0.29, 0.717) is 53.8 Å². The highest BCUT2D eigenvalue weighted by Crippen LogP contribution is 2.18. The standard InChI is InChI=1S/C18H19N5O2S/c1-11-3-5-13(6-4-11)23-12(2)19-15-14(17(23)26)16(24)21-18(20-15)22-7-9-25-10-8-22/h3-6H,7-10H2,1-2H3,(H,20,21,24). The maximum atomic E-state index is 12.7. The molecular weight excluding hydrogens is 350 g/mol. The zero-order valence-corrected chi connectivity index (χ0v) is 15.5. The van der Waals surface area contributed by atoms with Crippen molar-refractivity contribution in [2.75, 3.05) is 31.2 Å². The van der Waals surface area contributed by atoms with E-state index >= 15 is 0 Å². The summed E-state index contributed by atoms with van der Waals surface area (Å²) in [6.07, 6.45) is 0. The van der Waals surface area contributed by atoms with Crippen molar-refractivity contribution in [3.05, 3.63) is 50.6 Å². The number of nitrogens with zero attached hydrogens (tertiary/aromatic N) is 4. The van der Waals surface area contributed by atoms with Crippen LogP contribution in [0.3, 0.4) is 0 Å². The number of rotatable bonds is 2. The Balaban J connectivity index is 1.90. The molecule has 26 heavy (non-hydrogen) atoms. The molecule has 0 spiro atoms. The van der Waals surface area contributed by atoms with Crippen LogP contribution in [0.1, 0.15) is 11.4 Å². The highest BCUT2D eigenvalue weighted by Gasteiger charge is 2.17. The van der Waals surface area contributed by atoms with E-state index in [9.17, 15) is 4.79 Å². The zero-order chi connectivity index (χ0) is 18.3. The quantitative estimate of drug-likeness (QED) is 0.699. The fraction of sp³-hybridized carbons (Fsp3) is 0.333. The molecule has 1 aromatic carbocycles. The van der Waals surface area contributed by atoms with E-state index < -0.39 is 0 Å². The first kappa shape index (κ1) is 16.9. The summed E-state index contributed by atoms with van der Waals surface area (Å²) in [6.45, 7) is 6.49. The number of benzene rings is 1. The van der Waals surface area contributed by atoms with Crippen LogP contribution in [0.5, 0.6) is 0 Å². The summed E-state index contributed by atoms with van der Waals surface area (Å²) in [5, 5.41) is 0.336.